The first-order valence-corrected chi connectivity index (χ1v) is 10.4. The third-order valence-corrected chi connectivity index (χ3v) is 5.16. The molecule has 33 heavy (non-hydrogen) atoms. The minimum atomic E-state index is -0.606. The van der Waals surface area contributed by atoms with Crippen LogP contribution in [0.1, 0.15) is 51.7 Å². The molecule has 0 fully saturated rings. The summed E-state index contributed by atoms with van der Waals surface area (Å²) in [5.41, 5.74) is 1.95. The van der Waals surface area contributed by atoms with Crippen molar-refractivity contribution in [1.82, 2.24) is 5.32 Å². The number of anilines is 1. The first-order chi connectivity index (χ1) is 15.7. The van der Waals surface area contributed by atoms with Crippen molar-refractivity contribution in [3.8, 4) is 5.75 Å². The van der Waals surface area contributed by atoms with Crippen LogP contribution in [-0.4, -0.2) is 24.2 Å². The Morgan fingerprint density at radius 3 is 2.27 bits per heavy atom. The highest BCUT2D eigenvalue weighted by Gasteiger charge is 2.17. The van der Waals surface area contributed by atoms with E-state index in [9.17, 15) is 18.8 Å². The molecule has 0 aromatic heterocycles. The van der Waals surface area contributed by atoms with Crippen LogP contribution in [0.5, 0.6) is 5.75 Å². The molecular weight excluding hydrogens is 423 g/mol. The standard InChI is InChI=1S/C26H25FN2O4/c1-16-23(27)13-21(26(32)28-17(2)19-7-5-4-6-8-19)14-24(16)29-25(31)15-33-22-11-9-20(10-12-22)18(3)30/h4-14,17H,15H2,1-3H3,(H,28,32)(H,29,31). The lowest BCUT2D eigenvalue weighted by molar-refractivity contribution is -0.118. The number of amides is 2. The Balaban J connectivity index is 1.65. The lowest BCUT2D eigenvalue weighted by Crippen LogP contribution is -2.27. The first-order valence-electron chi connectivity index (χ1n) is 10.4. The van der Waals surface area contributed by atoms with Crippen LogP contribution in [0.4, 0.5) is 10.1 Å². The van der Waals surface area contributed by atoms with Crippen LogP contribution >= 0.6 is 0 Å². The molecule has 0 spiro atoms. The Labute approximate surface area is 191 Å². The second-order valence-corrected chi connectivity index (χ2v) is 7.65. The number of nitrogens with one attached hydrogen (secondary N) is 2. The number of ketones is 1. The fourth-order valence-corrected chi connectivity index (χ4v) is 3.17. The van der Waals surface area contributed by atoms with Gasteiger partial charge in [0.05, 0.1) is 6.04 Å². The number of benzene rings is 3. The van der Waals surface area contributed by atoms with E-state index in [0.29, 0.717) is 11.3 Å². The van der Waals surface area contributed by atoms with Crippen LogP contribution in [0.3, 0.4) is 0 Å². The molecule has 2 N–H and O–H groups in total. The quantitative estimate of drug-likeness (QED) is 0.483. The molecule has 0 saturated heterocycles. The van der Waals surface area contributed by atoms with Gasteiger partial charge in [0.1, 0.15) is 11.6 Å². The van der Waals surface area contributed by atoms with E-state index in [2.05, 4.69) is 10.6 Å². The van der Waals surface area contributed by atoms with Gasteiger partial charge < -0.3 is 15.4 Å². The maximum Gasteiger partial charge on any atom is 0.262 e. The molecule has 0 bridgehead atoms. The van der Waals surface area contributed by atoms with Crippen molar-refractivity contribution in [3.05, 3.63) is 94.8 Å². The van der Waals surface area contributed by atoms with Gasteiger partial charge in [-0.15, -0.1) is 0 Å². The topological polar surface area (TPSA) is 84.5 Å². The molecule has 0 aliphatic rings. The van der Waals surface area contributed by atoms with Crippen LogP contribution in [0.25, 0.3) is 0 Å². The highest BCUT2D eigenvalue weighted by atomic mass is 19.1. The van der Waals surface area contributed by atoms with Crippen LogP contribution in [-0.2, 0) is 4.79 Å². The minimum Gasteiger partial charge on any atom is -0.484 e. The Bertz CT molecular complexity index is 1160. The van der Waals surface area contributed by atoms with E-state index in [1.807, 2.05) is 37.3 Å². The molecule has 0 heterocycles. The summed E-state index contributed by atoms with van der Waals surface area (Å²) < 4.78 is 19.9. The number of hydrogen-bond donors (Lipinski definition) is 2. The molecule has 1 atom stereocenters. The number of carbonyl (C=O) groups excluding carboxylic acids is 3. The van der Waals surface area contributed by atoms with Gasteiger partial charge in [0.25, 0.3) is 11.8 Å². The molecule has 0 saturated carbocycles. The highest BCUT2D eigenvalue weighted by Crippen LogP contribution is 2.22. The van der Waals surface area contributed by atoms with Crippen molar-refractivity contribution in [1.29, 1.82) is 0 Å². The predicted molar refractivity (Wildman–Crippen MR) is 124 cm³/mol. The van der Waals surface area contributed by atoms with Crippen molar-refractivity contribution < 1.29 is 23.5 Å². The minimum absolute atomic E-state index is 0.0705. The number of hydrogen-bond acceptors (Lipinski definition) is 4. The number of Topliss-reactive ketones (excluding diaryl/α,β-unsaturated/α-hetero) is 1. The van der Waals surface area contributed by atoms with E-state index in [1.165, 1.54) is 19.9 Å². The molecule has 2 amide bonds. The SMILES string of the molecule is CC(=O)c1ccc(OCC(=O)Nc2cc(C(=O)NC(C)c3ccccc3)cc(F)c2C)cc1. The lowest BCUT2D eigenvalue weighted by Gasteiger charge is -2.16. The molecule has 7 heteroatoms. The van der Waals surface area contributed by atoms with Crippen molar-refractivity contribution in [2.45, 2.75) is 26.8 Å². The van der Waals surface area contributed by atoms with Crippen molar-refractivity contribution >= 4 is 23.3 Å². The fourth-order valence-electron chi connectivity index (χ4n) is 3.17. The molecule has 3 aromatic carbocycles. The van der Waals surface area contributed by atoms with Gasteiger partial charge in [-0.05, 0) is 62.7 Å². The van der Waals surface area contributed by atoms with Crippen LogP contribution < -0.4 is 15.4 Å². The summed E-state index contributed by atoms with van der Waals surface area (Å²) >= 11 is 0. The smallest absolute Gasteiger partial charge is 0.262 e. The van der Waals surface area contributed by atoms with Crippen LogP contribution in [0.15, 0.2) is 66.7 Å². The Kier molecular flexibility index (Phi) is 7.56. The van der Waals surface area contributed by atoms with Gasteiger partial charge in [-0.2, -0.15) is 0 Å². The lowest BCUT2D eigenvalue weighted by atomic mass is 10.1. The summed E-state index contributed by atoms with van der Waals surface area (Å²) in [6.45, 7) is 4.49. The molecular formula is C26H25FN2O4. The Hall–Kier alpha value is -4.00. The molecule has 1 unspecified atom stereocenters. The van der Waals surface area contributed by atoms with Gasteiger partial charge in [-0.3, -0.25) is 14.4 Å². The zero-order valence-electron chi connectivity index (χ0n) is 18.6. The van der Waals surface area contributed by atoms with Crippen molar-refractivity contribution in [2.24, 2.45) is 0 Å². The second-order valence-electron chi connectivity index (χ2n) is 7.65. The molecule has 0 aliphatic carbocycles. The molecule has 3 rings (SSSR count). The largest absolute Gasteiger partial charge is 0.484 e. The van der Waals surface area contributed by atoms with E-state index < -0.39 is 17.6 Å². The average molecular weight is 448 g/mol. The first kappa shape index (κ1) is 23.7. The average Bonchev–Trinajstić information content (AvgIpc) is 2.81. The summed E-state index contributed by atoms with van der Waals surface area (Å²) in [6, 6.07) is 18.1. The van der Waals surface area contributed by atoms with Crippen molar-refractivity contribution in [3.63, 3.8) is 0 Å². The number of carbonyl (C=O) groups is 3. The highest BCUT2D eigenvalue weighted by molar-refractivity contribution is 5.98. The zero-order chi connectivity index (χ0) is 24.0. The third kappa shape index (κ3) is 6.26. The number of halogens is 1. The monoisotopic (exact) mass is 448 g/mol. The molecule has 170 valence electrons. The van der Waals surface area contributed by atoms with Gasteiger partial charge in [0.15, 0.2) is 12.4 Å². The molecule has 3 aromatic rings. The van der Waals surface area contributed by atoms with Gasteiger partial charge in [-0.1, -0.05) is 30.3 Å². The van der Waals surface area contributed by atoms with Gasteiger partial charge in [0.2, 0.25) is 0 Å². The third-order valence-electron chi connectivity index (χ3n) is 5.16. The maximum absolute atomic E-state index is 14.5. The van der Waals surface area contributed by atoms with E-state index >= 15 is 0 Å². The van der Waals surface area contributed by atoms with Gasteiger partial charge in [-0.25, -0.2) is 4.39 Å². The summed E-state index contributed by atoms with van der Waals surface area (Å²) in [4.78, 5) is 36.4. The molecule has 0 radical (unpaired) electrons. The van der Waals surface area contributed by atoms with Gasteiger partial charge >= 0.3 is 0 Å². The zero-order valence-corrected chi connectivity index (χ0v) is 18.6. The summed E-state index contributed by atoms with van der Waals surface area (Å²) in [5, 5.41) is 5.42. The fraction of sp³-hybridized carbons (Fsp3) is 0.192. The number of rotatable bonds is 8. The van der Waals surface area contributed by atoms with Gasteiger partial charge in [0, 0.05) is 22.4 Å². The number of ether oxygens (including phenoxy) is 1. The molecule has 0 aliphatic heterocycles. The Morgan fingerprint density at radius 2 is 1.64 bits per heavy atom. The molecule has 6 nitrogen and oxygen atoms in total. The van der Waals surface area contributed by atoms with E-state index in [1.54, 1.807) is 24.3 Å². The van der Waals surface area contributed by atoms with Crippen LogP contribution in [0.2, 0.25) is 0 Å². The van der Waals surface area contributed by atoms with E-state index in [0.717, 1.165) is 11.6 Å². The predicted octanol–water partition coefficient (Wildman–Crippen LogP) is 4.85. The summed E-state index contributed by atoms with van der Waals surface area (Å²) in [6.07, 6.45) is 0. The summed E-state index contributed by atoms with van der Waals surface area (Å²) in [5.74, 6) is -1.23. The summed E-state index contributed by atoms with van der Waals surface area (Å²) in [7, 11) is 0. The normalized spacial score (nSPS) is 11.4. The second kappa shape index (κ2) is 10.5. The van der Waals surface area contributed by atoms with E-state index in [-0.39, 0.29) is 35.2 Å². The van der Waals surface area contributed by atoms with Crippen LogP contribution in [0, 0.1) is 12.7 Å². The van der Waals surface area contributed by atoms with E-state index in [4.69, 9.17) is 4.74 Å². The Morgan fingerprint density at radius 1 is 0.970 bits per heavy atom. The maximum atomic E-state index is 14.5. The van der Waals surface area contributed by atoms with Crippen molar-refractivity contribution in [2.75, 3.05) is 11.9 Å².